The molecule has 1 aromatic rings. The number of carbonyl (C=O) groups is 1. The first-order chi connectivity index (χ1) is 9.57. The first-order valence-electron chi connectivity index (χ1n) is 6.06. The molecule has 1 aromatic carbocycles. The quantitative estimate of drug-likeness (QED) is 0.740. The summed E-state index contributed by atoms with van der Waals surface area (Å²) >= 11 is 5.86. The van der Waals surface area contributed by atoms with Crippen LogP contribution in [0.15, 0.2) is 28.4 Å². The van der Waals surface area contributed by atoms with Crippen molar-refractivity contribution in [3.63, 3.8) is 0 Å². The average Bonchev–Trinajstić information content (AvgIpc) is 2.72. The summed E-state index contributed by atoms with van der Waals surface area (Å²) in [5.41, 5.74) is -1.23. The molecule has 2 aliphatic rings. The number of hydrogen-bond donors (Lipinski definition) is 2. The first kappa shape index (κ1) is 14.0. The Labute approximate surface area is 131 Å². The maximum atomic E-state index is 12.3. The van der Waals surface area contributed by atoms with Crippen LogP contribution in [0.5, 0.6) is 5.75 Å². The standard InChI is InChI=1S/C14H13ClINO3/c1-20-12-3-2-8(15)6-10(12)14(19)9-4-5-16-7-11(9)17-13(14)18/h2-7,9,11,19H,1H3,(H,17,18). The largest absolute Gasteiger partial charge is 0.496 e. The predicted molar refractivity (Wildman–Crippen MR) is 86.5 cm³/mol. The highest BCUT2D eigenvalue weighted by molar-refractivity contribution is 14.2. The molecule has 2 aliphatic heterocycles. The third kappa shape index (κ3) is 1.99. The SMILES string of the molecule is COc1ccc(Cl)cc1C1(O)C(=O)NC2C=IC=CC21. The molecule has 20 heavy (non-hydrogen) atoms. The van der Waals surface area contributed by atoms with Gasteiger partial charge in [-0.3, -0.25) is 4.79 Å². The van der Waals surface area contributed by atoms with Crippen molar-refractivity contribution in [3.8, 4) is 5.75 Å². The van der Waals surface area contributed by atoms with Crippen LogP contribution in [0.3, 0.4) is 0 Å². The van der Waals surface area contributed by atoms with Gasteiger partial charge in [0.25, 0.3) is 5.91 Å². The van der Waals surface area contributed by atoms with Crippen molar-refractivity contribution >= 4 is 42.3 Å². The van der Waals surface area contributed by atoms with E-state index in [0.717, 1.165) is 0 Å². The highest BCUT2D eigenvalue weighted by Gasteiger charge is 2.55. The number of hydrogen-bond acceptors (Lipinski definition) is 3. The van der Waals surface area contributed by atoms with E-state index >= 15 is 0 Å². The zero-order chi connectivity index (χ0) is 14.3. The van der Waals surface area contributed by atoms with E-state index in [-0.39, 0.29) is 32.7 Å². The lowest BCUT2D eigenvalue weighted by Gasteiger charge is -2.29. The smallest absolute Gasteiger partial charge is 0.257 e. The van der Waals surface area contributed by atoms with Crippen LogP contribution in [0.1, 0.15) is 5.56 Å². The predicted octanol–water partition coefficient (Wildman–Crippen LogP) is 1.95. The zero-order valence-electron chi connectivity index (χ0n) is 10.6. The molecule has 0 radical (unpaired) electrons. The van der Waals surface area contributed by atoms with E-state index in [9.17, 15) is 9.90 Å². The second kappa shape index (κ2) is 5.13. The van der Waals surface area contributed by atoms with Crippen LogP contribution in [0.4, 0.5) is 0 Å². The summed E-state index contributed by atoms with van der Waals surface area (Å²) in [5.74, 6) is -0.267. The summed E-state index contributed by atoms with van der Waals surface area (Å²) in [6, 6.07) is 4.82. The number of methoxy groups -OCH3 is 1. The molecule has 3 unspecified atom stereocenters. The van der Waals surface area contributed by atoms with Crippen molar-refractivity contribution in [2.24, 2.45) is 5.92 Å². The Kier molecular flexibility index (Phi) is 3.60. The first-order valence-corrected chi connectivity index (χ1v) is 8.93. The van der Waals surface area contributed by atoms with Crippen LogP contribution < -0.4 is 10.1 Å². The molecule has 0 aliphatic carbocycles. The lowest BCUT2D eigenvalue weighted by Crippen LogP contribution is -2.39. The number of benzene rings is 1. The van der Waals surface area contributed by atoms with Crippen LogP contribution in [-0.2, 0) is 10.4 Å². The van der Waals surface area contributed by atoms with Crippen molar-refractivity contribution in [1.29, 1.82) is 0 Å². The van der Waals surface area contributed by atoms with Gasteiger partial charge in [0.15, 0.2) is 5.60 Å². The topological polar surface area (TPSA) is 58.6 Å². The fraction of sp³-hybridized carbons (Fsp3) is 0.286. The van der Waals surface area contributed by atoms with Gasteiger partial charge in [-0.25, -0.2) is 0 Å². The molecule has 1 fully saturated rings. The van der Waals surface area contributed by atoms with Crippen molar-refractivity contribution in [3.05, 3.63) is 38.9 Å². The molecule has 0 aromatic heterocycles. The highest BCUT2D eigenvalue weighted by Crippen LogP contribution is 2.44. The summed E-state index contributed by atoms with van der Waals surface area (Å²) < 4.78 is 9.43. The Balaban J connectivity index is 2.16. The van der Waals surface area contributed by atoms with Crippen molar-refractivity contribution in [2.45, 2.75) is 11.6 Å². The molecule has 0 bridgehead atoms. The van der Waals surface area contributed by atoms with Gasteiger partial charge < -0.3 is 15.2 Å². The van der Waals surface area contributed by atoms with E-state index in [1.165, 1.54) is 7.11 Å². The second-order valence-corrected chi connectivity index (χ2v) is 7.30. The monoisotopic (exact) mass is 405 g/mol. The Morgan fingerprint density at radius 2 is 2.30 bits per heavy atom. The lowest BCUT2D eigenvalue weighted by molar-refractivity contribution is -0.138. The minimum Gasteiger partial charge on any atom is -0.496 e. The fourth-order valence-electron chi connectivity index (χ4n) is 2.65. The molecule has 106 valence electrons. The minimum absolute atomic E-state index is 0.117. The third-order valence-corrected chi connectivity index (χ3v) is 5.90. The minimum atomic E-state index is -1.64. The summed E-state index contributed by atoms with van der Waals surface area (Å²) in [7, 11) is 1.51. The van der Waals surface area contributed by atoms with E-state index in [4.69, 9.17) is 16.3 Å². The van der Waals surface area contributed by atoms with Crippen LogP contribution in [-0.4, -0.2) is 28.2 Å². The summed E-state index contributed by atoms with van der Waals surface area (Å²) in [6.45, 7) is 0. The summed E-state index contributed by atoms with van der Waals surface area (Å²) in [6.07, 6.45) is 1.93. The highest BCUT2D eigenvalue weighted by atomic mass is 127. The van der Waals surface area contributed by atoms with Gasteiger partial charge in [-0.1, -0.05) is 38.4 Å². The molecule has 0 spiro atoms. The van der Waals surface area contributed by atoms with Gasteiger partial charge >= 0.3 is 0 Å². The molecular formula is C14H13ClINO3. The Bertz CT molecular complexity index is 631. The molecule has 4 nitrogen and oxygen atoms in total. The number of aliphatic hydroxyl groups is 1. The molecular weight excluding hydrogens is 393 g/mol. The van der Waals surface area contributed by atoms with E-state index in [0.29, 0.717) is 16.3 Å². The Morgan fingerprint density at radius 3 is 3.05 bits per heavy atom. The summed E-state index contributed by atoms with van der Waals surface area (Å²) in [4.78, 5) is 12.3. The van der Waals surface area contributed by atoms with E-state index in [1.54, 1.807) is 18.2 Å². The van der Waals surface area contributed by atoms with Crippen molar-refractivity contribution < 1.29 is 14.6 Å². The number of fused-ring (bicyclic) bond motifs is 1. The fourth-order valence-corrected chi connectivity index (χ4v) is 4.83. The number of halogens is 2. The molecule has 3 rings (SSSR count). The number of nitrogens with one attached hydrogen (secondary N) is 1. The van der Waals surface area contributed by atoms with Gasteiger partial charge in [0.1, 0.15) is 5.75 Å². The van der Waals surface area contributed by atoms with Gasteiger partial charge in [-0.15, -0.1) is 0 Å². The average molecular weight is 406 g/mol. The molecule has 6 heteroatoms. The molecule has 2 heterocycles. The van der Waals surface area contributed by atoms with Crippen LogP contribution >= 0.6 is 32.3 Å². The third-order valence-electron chi connectivity index (χ3n) is 3.65. The Hall–Kier alpha value is -0.920. The van der Waals surface area contributed by atoms with E-state index in [1.807, 2.05) is 6.08 Å². The van der Waals surface area contributed by atoms with Crippen LogP contribution in [0, 0.1) is 5.92 Å². The molecule has 3 atom stereocenters. The number of amides is 1. The lowest BCUT2D eigenvalue weighted by atomic mass is 9.80. The van der Waals surface area contributed by atoms with E-state index < -0.39 is 11.5 Å². The van der Waals surface area contributed by atoms with Gasteiger partial charge in [0.2, 0.25) is 0 Å². The number of rotatable bonds is 2. The van der Waals surface area contributed by atoms with Crippen LogP contribution in [0.2, 0.25) is 5.02 Å². The maximum Gasteiger partial charge on any atom is 0.257 e. The number of ether oxygens (including phenoxy) is 1. The van der Waals surface area contributed by atoms with E-state index in [2.05, 4.69) is 13.4 Å². The molecule has 1 saturated heterocycles. The van der Waals surface area contributed by atoms with Crippen molar-refractivity contribution in [1.82, 2.24) is 5.32 Å². The van der Waals surface area contributed by atoms with Crippen molar-refractivity contribution in [2.75, 3.05) is 7.11 Å². The second-order valence-electron chi connectivity index (χ2n) is 4.71. The molecule has 2 N–H and O–H groups in total. The van der Waals surface area contributed by atoms with Gasteiger partial charge in [-0.2, -0.15) is 0 Å². The molecule has 0 saturated carbocycles. The van der Waals surface area contributed by atoms with Gasteiger partial charge in [-0.05, 0) is 26.3 Å². The molecule has 1 amide bonds. The Morgan fingerprint density at radius 1 is 1.50 bits per heavy atom. The number of carbonyl (C=O) groups excluding carboxylic acids is 1. The van der Waals surface area contributed by atoms with Gasteiger partial charge in [0.05, 0.1) is 13.2 Å². The van der Waals surface area contributed by atoms with Gasteiger partial charge in [0, 0.05) is 16.5 Å². The summed E-state index contributed by atoms with van der Waals surface area (Å²) in [5, 5.41) is 14.4. The zero-order valence-corrected chi connectivity index (χ0v) is 13.6. The normalized spacial score (nSPS) is 31.4. The maximum absolute atomic E-state index is 12.3. The van der Waals surface area contributed by atoms with Crippen LogP contribution in [0.25, 0.3) is 0 Å².